The summed E-state index contributed by atoms with van der Waals surface area (Å²) in [5.41, 5.74) is 4.12. The van der Waals surface area contributed by atoms with Crippen LogP contribution in [0.1, 0.15) is 39.9 Å². The zero-order valence-corrected chi connectivity index (χ0v) is 16.7. The highest BCUT2D eigenvalue weighted by atomic mass is 16.3. The first kappa shape index (κ1) is 18.3. The molecule has 2 heterocycles. The number of hydrogen-bond donors (Lipinski definition) is 2. The van der Waals surface area contributed by atoms with Crippen LogP contribution < -0.4 is 5.32 Å². The van der Waals surface area contributed by atoms with Gasteiger partial charge in [0.25, 0.3) is 5.91 Å². The number of piperazine rings is 1. The predicted molar refractivity (Wildman–Crippen MR) is 114 cm³/mol. The lowest BCUT2D eigenvalue weighted by Gasteiger charge is -2.39. The van der Waals surface area contributed by atoms with Gasteiger partial charge in [-0.25, -0.2) is 0 Å². The number of fused-ring (bicyclic) bond motifs is 3. The number of nitrogens with one attached hydrogen (secondary N) is 1. The van der Waals surface area contributed by atoms with Crippen molar-refractivity contribution in [2.24, 2.45) is 5.92 Å². The largest absolute Gasteiger partial charge is 0.508 e. The molecule has 0 spiro atoms. The molecule has 1 aliphatic carbocycles. The van der Waals surface area contributed by atoms with E-state index in [9.17, 15) is 9.90 Å². The standard InChI is InChI=1S/C24H27N3O2/c1-26-12-14-27(15-13-26)24(29)21-7-3-6-20-18-4-2-5-19(18)22(25-23(20)21)16-8-10-17(28)11-9-16/h2-4,6-11,18-19,22,25,28H,5,12-15H2,1H3. The van der Waals surface area contributed by atoms with E-state index in [-0.39, 0.29) is 17.7 Å². The maximum absolute atomic E-state index is 13.4. The summed E-state index contributed by atoms with van der Waals surface area (Å²) in [4.78, 5) is 17.6. The molecular weight excluding hydrogens is 362 g/mol. The molecule has 150 valence electrons. The van der Waals surface area contributed by atoms with Crippen molar-refractivity contribution in [2.45, 2.75) is 18.4 Å². The Morgan fingerprint density at radius 3 is 2.59 bits per heavy atom. The third kappa shape index (κ3) is 3.19. The van der Waals surface area contributed by atoms with E-state index < -0.39 is 0 Å². The van der Waals surface area contributed by atoms with E-state index >= 15 is 0 Å². The minimum Gasteiger partial charge on any atom is -0.508 e. The molecule has 3 atom stereocenters. The number of para-hydroxylation sites is 1. The van der Waals surface area contributed by atoms with Crippen LogP contribution in [0.4, 0.5) is 5.69 Å². The minimum absolute atomic E-state index is 0.115. The summed E-state index contributed by atoms with van der Waals surface area (Å²) in [6, 6.07) is 13.7. The van der Waals surface area contributed by atoms with Crippen LogP contribution in [0, 0.1) is 5.92 Å². The summed E-state index contributed by atoms with van der Waals surface area (Å²) in [7, 11) is 2.10. The monoisotopic (exact) mass is 389 g/mol. The van der Waals surface area contributed by atoms with Crippen LogP contribution in [0.2, 0.25) is 0 Å². The Labute approximate surface area is 171 Å². The van der Waals surface area contributed by atoms with Crippen molar-refractivity contribution in [1.29, 1.82) is 0 Å². The lowest BCUT2D eigenvalue weighted by Crippen LogP contribution is -2.47. The number of aromatic hydroxyl groups is 1. The van der Waals surface area contributed by atoms with Crippen molar-refractivity contribution in [2.75, 3.05) is 38.5 Å². The molecule has 0 bridgehead atoms. The third-order valence-corrected chi connectivity index (χ3v) is 6.67. The molecule has 1 amide bonds. The van der Waals surface area contributed by atoms with Gasteiger partial charge in [-0.3, -0.25) is 4.79 Å². The molecule has 3 unspecified atom stereocenters. The number of rotatable bonds is 2. The Bertz CT molecular complexity index is 945. The molecular formula is C24H27N3O2. The Morgan fingerprint density at radius 1 is 1.07 bits per heavy atom. The summed E-state index contributed by atoms with van der Waals surface area (Å²) >= 11 is 0. The van der Waals surface area contributed by atoms with E-state index in [2.05, 4.69) is 35.5 Å². The lowest BCUT2D eigenvalue weighted by atomic mass is 9.76. The Hall–Kier alpha value is -2.79. The Morgan fingerprint density at radius 2 is 1.83 bits per heavy atom. The average molecular weight is 389 g/mol. The highest BCUT2D eigenvalue weighted by Gasteiger charge is 2.39. The van der Waals surface area contributed by atoms with Gasteiger partial charge >= 0.3 is 0 Å². The zero-order valence-electron chi connectivity index (χ0n) is 16.7. The Kier molecular flexibility index (Phi) is 4.55. The second-order valence-electron chi connectivity index (χ2n) is 8.43. The number of phenolic OH excluding ortho intramolecular Hbond substituents is 1. The number of benzene rings is 2. The zero-order chi connectivity index (χ0) is 20.0. The fourth-order valence-electron chi connectivity index (χ4n) is 4.99. The van der Waals surface area contributed by atoms with Gasteiger partial charge in [0.05, 0.1) is 17.3 Å². The molecule has 0 radical (unpaired) electrons. The molecule has 5 heteroatoms. The van der Waals surface area contributed by atoms with Crippen LogP contribution in [0.15, 0.2) is 54.6 Å². The van der Waals surface area contributed by atoms with Gasteiger partial charge in [0.1, 0.15) is 5.75 Å². The molecule has 29 heavy (non-hydrogen) atoms. The summed E-state index contributed by atoms with van der Waals surface area (Å²) < 4.78 is 0. The lowest BCUT2D eigenvalue weighted by molar-refractivity contribution is 0.0664. The highest BCUT2D eigenvalue weighted by Crippen LogP contribution is 2.50. The van der Waals surface area contributed by atoms with Gasteiger partial charge in [-0.2, -0.15) is 0 Å². The molecule has 5 rings (SSSR count). The van der Waals surface area contributed by atoms with Crippen molar-refractivity contribution in [1.82, 2.24) is 9.80 Å². The fraction of sp³-hybridized carbons (Fsp3) is 0.375. The number of allylic oxidation sites excluding steroid dienone is 2. The summed E-state index contributed by atoms with van der Waals surface area (Å²) in [6.07, 6.45) is 5.57. The second kappa shape index (κ2) is 7.23. The second-order valence-corrected chi connectivity index (χ2v) is 8.43. The predicted octanol–water partition coefficient (Wildman–Crippen LogP) is 3.61. The number of hydrogen-bond acceptors (Lipinski definition) is 4. The number of carbonyl (C=O) groups excluding carboxylic acids is 1. The topological polar surface area (TPSA) is 55.8 Å². The van der Waals surface area contributed by atoms with Crippen LogP contribution in [-0.2, 0) is 0 Å². The molecule has 1 fully saturated rings. The number of phenols is 1. The van der Waals surface area contributed by atoms with Gasteiger partial charge in [-0.05, 0) is 48.7 Å². The van der Waals surface area contributed by atoms with E-state index in [1.807, 2.05) is 29.2 Å². The van der Waals surface area contributed by atoms with Gasteiger partial charge < -0.3 is 20.2 Å². The number of carbonyl (C=O) groups is 1. The maximum atomic E-state index is 13.4. The molecule has 0 aromatic heterocycles. The molecule has 2 aliphatic heterocycles. The number of likely N-dealkylation sites (N-methyl/N-ethyl adjacent to an activating group) is 1. The van der Waals surface area contributed by atoms with Crippen molar-refractivity contribution in [3.8, 4) is 5.75 Å². The van der Waals surface area contributed by atoms with Crippen LogP contribution in [0.25, 0.3) is 0 Å². The van der Waals surface area contributed by atoms with Crippen LogP contribution in [-0.4, -0.2) is 54.0 Å². The van der Waals surface area contributed by atoms with Crippen molar-refractivity contribution in [3.63, 3.8) is 0 Å². The molecule has 2 N–H and O–H groups in total. The van der Waals surface area contributed by atoms with Gasteiger partial charge in [0, 0.05) is 32.1 Å². The molecule has 0 saturated carbocycles. The fourth-order valence-corrected chi connectivity index (χ4v) is 4.99. The molecule has 5 nitrogen and oxygen atoms in total. The van der Waals surface area contributed by atoms with Crippen LogP contribution in [0.5, 0.6) is 5.75 Å². The van der Waals surface area contributed by atoms with E-state index in [1.54, 1.807) is 12.1 Å². The number of anilines is 1. The molecule has 1 saturated heterocycles. The summed E-state index contributed by atoms with van der Waals surface area (Å²) in [5.74, 6) is 1.12. The molecule has 2 aromatic carbocycles. The summed E-state index contributed by atoms with van der Waals surface area (Å²) in [6.45, 7) is 3.37. The summed E-state index contributed by atoms with van der Waals surface area (Å²) in [5, 5.41) is 13.4. The molecule has 3 aliphatic rings. The van der Waals surface area contributed by atoms with Crippen molar-refractivity contribution < 1.29 is 9.90 Å². The van der Waals surface area contributed by atoms with Crippen molar-refractivity contribution >= 4 is 11.6 Å². The van der Waals surface area contributed by atoms with Crippen molar-refractivity contribution in [3.05, 3.63) is 71.3 Å². The van der Waals surface area contributed by atoms with Gasteiger partial charge in [0.2, 0.25) is 0 Å². The minimum atomic E-state index is 0.115. The highest BCUT2D eigenvalue weighted by molar-refractivity contribution is 6.01. The van der Waals surface area contributed by atoms with Gasteiger partial charge in [0.15, 0.2) is 0 Å². The maximum Gasteiger partial charge on any atom is 0.256 e. The van der Waals surface area contributed by atoms with E-state index in [1.165, 1.54) is 5.56 Å². The number of amides is 1. The SMILES string of the molecule is CN1CCN(C(=O)c2cccc3c2NC(c2ccc(O)cc2)C2CC=CC32)CC1. The number of nitrogens with zero attached hydrogens (tertiary/aromatic N) is 2. The van der Waals surface area contributed by atoms with E-state index in [0.717, 1.165) is 49.4 Å². The van der Waals surface area contributed by atoms with E-state index in [4.69, 9.17) is 0 Å². The Balaban J connectivity index is 1.52. The first-order chi connectivity index (χ1) is 14.1. The van der Waals surface area contributed by atoms with Gasteiger partial charge in [-0.15, -0.1) is 0 Å². The van der Waals surface area contributed by atoms with E-state index in [0.29, 0.717) is 11.8 Å². The van der Waals surface area contributed by atoms with Crippen LogP contribution in [0.3, 0.4) is 0 Å². The normalized spacial score (nSPS) is 26.0. The average Bonchev–Trinajstić information content (AvgIpc) is 3.24. The first-order valence-electron chi connectivity index (χ1n) is 10.4. The smallest absolute Gasteiger partial charge is 0.256 e. The van der Waals surface area contributed by atoms with Crippen LogP contribution >= 0.6 is 0 Å². The van der Waals surface area contributed by atoms with Gasteiger partial charge in [-0.1, -0.05) is 36.4 Å². The molecule has 2 aromatic rings. The third-order valence-electron chi connectivity index (χ3n) is 6.67. The first-order valence-corrected chi connectivity index (χ1v) is 10.4. The quantitative estimate of drug-likeness (QED) is 0.771.